The number of hydrogen-bond donors (Lipinski definition) is 0. The van der Waals surface area contributed by atoms with Crippen molar-refractivity contribution in [1.82, 2.24) is 0 Å². The zero-order valence-electron chi connectivity index (χ0n) is 11.3. The minimum atomic E-state index is -0.445. The highest BCUT2D eigenvalue weighted by atomic mass is 32.2. The van der Waals surface area contributed by atoms with E-state index in [1.165, 1.54) is 11.8 Å². The number of ether oxygens (including phenoxy) is 1. The third kappa shape index (κ3) is 5.75. The first-order valence-electron chi connectivity index (χ1n) is 6.21. The Bertz CT molecular complexity index is 463. The van der Waals surface area contributed by atoms with Gasteiger partial charge in [0, 0.05) is 16.9 Å². The smallest absolute Gasteiger partial charge is 0.338 e. The van der Waals surface area contributed by atoms with Gasteiger partial charge in [-0.25, -0.2) is 4.79 Å². The molecule has 102 valence electrons. The van der Waals surface area contributed by atoms with Gasteiger partial charge >= 0.3 is 5.97 Å². The lowest BCUT2D eigenvalue weighted by Crippen LogP contribution is -2.07. The van der Waals surface area contributed by atoms with Gasteiger partial charge in [-0.05, 0) is 37.6 Å². The molecule has 0 amide bonds. The van der Waals surface area contributed by atoms with Crippen LogP contribution in [0.25, 0.3) is 0 Å². The van der Waals surface area contributed by atoms with Crippen LogP contribution in [0.4, 0.5) is 0 Å². The Morgan fingerprint density at radius 2 is 1.89 bits per heavy atom. The molecule has 1 aromatic carbocycles. The Morgan fingerprint density at radius 1 is 1.26 bits per heavy atom. The number of carbonyl (C=O) groups excluding carboxylic acids is 2. The predicted molar refractivity (Wildman–Crippen MR) is 77.3 cm³/mol. The van der Waals surface area contributed by atoms with Crippen molar-refractivity contribution in [2.75, 3.05) is 0 Å². The number of thioether (sulfide) groups is 1. The van der Waals surface area contributed by atoms with Crippen LogP contribution < -0.4 is 4.74 Å². The van der Waals surface area contributed by atoms with E-state index >= 15 is 0 Å². The molecular formula is C15H18O3S. The summed E-state index contributed by atoms with van der Waals surface area (Å²) in [7, 11) is 0. The second-order valence-electron chi connectivity index (χ2n) is 4.22. The molecule has 0 heterocycles. The standard InChI is InChI=1S/C15H18O3S/c1-4-5-6-14(16)19-13-9-7-12(8-10-13)18-15(17)11(2)3/h7-10H,2,4-6H2,1,3H3. The van der Waals surface area contributed by atoms with Gasteiger partial charge in [0.2, 0.25) is 0 Å². The van der Waals surface area contributed by atoms with Gasteiger partial charge < -0.3 is 4.74 Å². The van der Waals surface area contributed by atoms with E-state index in [9.17, 15) is 9.59 Å². The van der Waals surface area contributed by atoms with Crippen LogP contribution >= 0.6 is 11.8 Å². The lowest BCUT2D eigenvalue weighted by Gasteiger charge is -2.05. The van der Waals surface area contributed by atoms with Gasteiger partial charge in [-0.15, -0.1) is 0 Å². The molecule has 0 saturated heterocycles. The number of hydrogen-bond acceptors (Lipinski definition) is 4. The van der Waals surface area contributed by atoms with Gasteiger partial charge in [0.1, 0.15) is 5.75 Å². The molecule has 0 aliphatic heterocycles. The van der Waals surface area contributed by atoms with E-state index in [0.717, 1.165) is 17.7 Å². The molecule has 0 aromatic heterocycles. The maximum Gasteiger partial charge on any atom is 0.338 e. The normalized spacial score (nSPS) is 10.0. The van der Waals surface area contributed by atoms with E-state index in [1.807, 2.05) is 0 Å². The minimum absolute atomic E-state index is 0.161. The Balaban J connectivity index is 2.54. The van der Waals surface area contributed by atoms with Crippen molar-refractivity contribution < 1.29 is 14.3 Å². The van der Waals surface area contributed by atoms with E-state index in [2.05, 4.69) is 13.5 Å². The molecule has 0 bridgehead atoms. The first-order chi connectivity index (χ1) is 9.02. The highest BCUT2D eigenvalue weighted by molar-refractivity contribution is 8.13. The largest absolute Gasteiger partial charge is 0.423 e. The third-order valence-corrected chi connectivity index (χ3v) is 3.29. The predicted octanol–water partition coefficient (Wildman–Crippen LogP) is 3.98. The monoisotopic (exact) mass is 278 g/mol. The molecule has 3 nitrogen and oxygen atoms in total. The van der Waals surface area contributed by atoms with Crippen LogP contribution in [0.3, 0.4) is 0 Å². The van der Waals surface area contributed by atoms with Gasteiger partial charge in [-0.2, -0.15) is 0 Å². The van der Waals surface area contributed by atoms with E-state index in [4.69, 9.17) is 4.74 Å². The van der Waals surface area contributed by atoms with Crippen molar-refractivity contribution in [3.8, 4) is 5.75 Å². The lowest BCUT2D eigenvalue weighted by molar-refractivity contribution is -0.130. The number of benzene rings is 1. The fourth-order valence-electron chi connectivity index (χ4n) is 1.27. The highest BCUT2D eigenvalue weighted by Gasteiger charge is 2.07. The summed E-state index contributed by atoms with van der Waals surface area (Å²) in [6, 6.07) is 6.90. The van der Waals surface area contributed by atoms with Gasteiger partial charge in [0.05, 0.1) is 0 Å². The first kappa shape index (κ1) is 15.5. The van der Waals surface area contributed by atoms with Crippen molar-refractivity contribution in [2.45, 2.75) is 38.0 Å². The summed E-state index contributed by atoms with van der Waals surface area (Å²) in [5, 5.41) is 0.161. The molecule has 0 unspecified atom stereocenters. The van der Waals surface area contributed by atoms with Crippen LogP contribution in [-0.2, 0) is 9.59 Å². The van der Waals surface area contributed by atoms with Gasteiger partial charge in [0.15, 0.2) is 5.12 Å². The minimum Gasteiger partial charge on any atom is -0.423 e. The fraction of sp³-hybridized carbons (Fsp3) is 0.333. The van der Waals surface area contributed by atoms with Gasteiger partial charge in [-0.3, -0.25) is 4.79 Å². The van der Waals surface area contributed by atoms with Crippen molar-refractivity contribution in [2.24, 2.45) is 0 Å². The van der Waals surface area contributed by atoms with Gasteiger partial charge in [0.25, 0.3) is 0 Å². The molecular weight excluding hydrogens is 260 g/mol. The molecule has 0 aliphatic rings. The van der Waals surface area contributed by atoms with Gasteiger partial charge in [-0.1, -0.05) is 31.7 Å². The number of esters is 1. The van der Waals surface area contributed by atoms with E-state index < -0.39 is 5.97 Å². The van der Waals surface area contributed by atoms with Crippen molar-refractivity contribution in [3.63, 3.8) is 0 Å². The summed E-state index contributed by atoms with van der Waals surface area (Å²) in [5.74, 6) is 0.0118. The Morgan fingerprint density at radius 3 is 2.42 bits per heavy atom. The Hall–Kier alpha value is -1.55. The van der Waals surface area contributed by atoms with E-state index in [0.29, 0.717) is 17.7 Å². The number of unbranched alkanes of at least 4 members (excludes halogenated alkanes) is 1. The average molecular weight is 278 g/mol. The average Bonchev–Trinajstić information content (AvgIpc) is 2.38. The molecule has 0 aliphatic carbocycles. The second kappa shape index (κ2) is 7.79. The van der Waals surface area contributed by atoms with Crippen molar-refractivity contribution in [3.05, 3.63) is 36.4 Å². The zero-order chi connectivity index (χ0) is 14.3. The molecule has 0 saturated carbocycles. The fourth-order valence-corrected chi connectivity index (χ4v) is 2.05. The van der Waals surface area contributed by atoms with Crippen LogP contribution in [0.2, 0.25) is 0 Å². The topological polar surface area (TPSA) is 43.4 Å². The lowest BCUT2D eigenvalue weighted by atomic mass is 10.3. The summed E-state index contributed by atoms with van der Waals surface area (Å²) in [6.07, 6.45) is 2.52. The van der Waals surface area contributed by atoms with E-state index in [1.54, 1.807) is 31.2 Å². The molecule has 0 fully saturated rings. The molecule has 1 rings (SSSR count). The summed E-state index contributed by atoms with van der Waals surface area (Å²) >= 11 is 1.22. The molecule has 19 heavy (non-hydrogen) atoms. The SMILES string of the molecule is C=C(C)C(=O)Oc1ccc(SC(=O)CCCC)cc1. The molecule has 0 atom stereocenters. The molecule has 0 spiro atoms. The molecule has 4 heteroatoms. The first-order valence-corrected chi connectivity index (χ1v) is 7.03. The number of rotatable bonds is 6. The number of carbonyl (C=O) groups is 2. The van der Waals surface area contributed by atoms with Crippen LogP contribution in [-0.4, -0.2) is 11.1 Å². The highest BCUT2D eigenvalue weighted by Crippen LogP contribution is 2.24. The van der Waals surface area contributed by atoms with Crippen molar-refractivity contribution in [1.29, 1.82) is 0 Å². The summed E-state index contributed by atoms with van der Waals surface area (Å²) in [4.78, 5) is 23.8. The third-order valence-electron chi connectivity index (χ3n) is 2.35. The van der Waals surface area contributed by atoms with Crippen LogP contribution in [0.1, 0.15) is 33.1 Å². The summed E-state index contributed by atoms with van der Waals surface area (Å²) in [6.45, 7) is 7.17. The van der Waals surface area contributed by atoms with Crippen molar-refractivity contribution >= 4 is 22.8 Å². The second-order valence-corrected chi connectivity index (χ2v) is 5.35. The van der Waals surface area contributed by atoms with E-state index in [-0.39, 0.29) is 5.12 Å². The van der Waals surface area contributed by atoms with Crippen LogP contribution in [0.15, 0.2) is 41.3 Å². The molecule has 0 radical (unpaired) electrons. The molecule has 0 N–H and O–H groups in total. The maximum absolute atomic E-state index is 11.6. The van der Waals surface area contributed by atoms with Crippen LogP contribution in [0.5, 0.6) is 5.75 Å². The Labute approximate surface area is 118 Å². The quantitative estimate of drug-likeness (QED) is 0.342. The molecule has 1 aromatic rings. The summed E-state index contributed by atoms with van der Waals surface area (Å²) < 4.78 is 5.07. The van der Waals surface area contributed by atoms with Crippen LogP contribution in [0, 0.1) is 0 Å². The zero-order valence-corrected chi connectivity index (χ0v) is 12.1. The summed E-state index contributed by atoms with van der Waals surface area (Å²) in [5.41, 5.74) is 0.355. The Kier molecular flexibility index (Phi) is 6.36. The maximum atomic E-state index is 11.6.